The minimum absolute atomic E-state index is 0.0273. The van der Waals surface area contributed by atoms with E-state index in [2.05, 4.69) is 9.71 Å². The van der Waals surface area contributed by atoms with E-state index >= 15 is 0 Å². The second kappa shape index (κ2) is 7.70. The van der Waals surface area contributed by atoms with Crippen LogP contribution in [0.5, 0.6) is 0 Å². The van der Waals surface area contributed by atoms with Gasteiger partial charge in [0.25, 0.3) is 15.9 Å². The third-order valence-electron chi connectivity index (χ3n) is 3.85. The Balaban J connectivity index is 1.58. The summed E-state index contributed by atoms with van der Waals surface area (Å²) in [6.45, 7) is -0.465. The number of esters is 1. The fourth-order valence-electron chi connectivity index (χ4n) is 2.47. The van der Waals surface area contributed by atoms with Crippen LogP contribution in [0.3, 0.4) is 0 Å². The first-order valence-corrected chi connectivity index (χ1v) is 9.62. The summed E-state index contributed by atoms with van der Waals surface area (Å²) in [6, 6.07) is 5.97. The van der Waals surface area contributed by atoms with Crippen LogP contribution in [0.2, 0.25) is 0 Å². The van der Waals surface area contributed by atoms with Crippen molar-refractivity contribution >= 4 is 27.7 Å². The van der Waals surface area contributed by atoms with Crippen molar-refractivity contribution in [3.05, 3.63) is 59.6 Å². The Hall–Kier alpha value is -3.01. The topological polar surface area (TPSA) is 105 Å². The fourth-order valence-corrected chi connectivity index (χ4v) is 3.46. The number of allylic oxidation sites excluding steroid dienone is 2. The lowest BCUT2D eigenvalue weighted by molar-refractivity contribution is -0.144. The van der Waals surface area contributed by atoms with Crippen LogP contribution in [0.1, 0.15) is 5.56 Å². The molecule has 0 bridgehead atoms. The van der Waals surface area contributed by atoms with Gasteiger partial charge in [-0.2, -0.15) is 0 Å². The Morgan fingerprint density at radius 3 is 2.85 bits per heavy atom. The van der Waals surface area contributed by atoms with E-state index in [1.807, 2.05) is 0 Å². The molecule has 0 aromatic heterocycles. The Morgan fingerprint density at radius 2 is 2.07 bits per heavy atom. The molecule has 0 unspecified atom stereocenters. The van der Waals surface area contributed by atoms with Gasteiger partial charge in [0.2, 0.25) is 0 Å². The van der Waals surface area contributed by atoms with E-state index in [0.717, 1.165) is 0 Å². The normalized spacial score (nSPS) is 17.4. The monoisotopic (exact) mass is 393 g/mol. The van der Waals surface area contributed by atoms with E-state index in [9.17, 15) is 22.4 Å². The Kier molecular flexibility index (Phi) is 5.36. The highest BCUT2D eigenvalue weighted by atomic mass is 32.2. The van der Waals surface area contributed by atoms with Crippen LogP contribution in [0.15, 0.2) is 52.6 Å². The van der Waals surface area contributed by atoms with E-state index < -0.39 is 34.3 Å². The third kappa shape index (κ3) is 4.59. The lowest BCUT2D eigenvalue weighted by Gasteiger charge is -2.28. The molecule has 0 aliphatic carbocycles. The molecular weight excluding hydrogens is 377 g/mol. The predicted molar refractivity (Wildman–Crippen MR) is 94.4 cm³/mol. The van der Waals surface area contributed by atoms with Crippen molar-refractivity contribution in [3.63, 3.8) is 0 Å². The van der Waals surface area contributed by atoms with Crippen molar-refractivity contribution in [2.24, 2.45) is 4.40 Å². The summed E-state index contributed by atoms with van der Waals surface area (Å²) in [5.41, 5.74) is 0.248. The van der Waals surface area contributed by atoms with Gasteiger partial charge in [-0.05, 0) is 18.2 Å². The molecule has 1 N–H and O–H groups in total. The lowest BCUT2D eigenvalue weighted by Crippen LogP contribution is -2.40. The lowest BCUT2D eigenvalue weighted by atomic mass is 10.1. The molecule has 0 saturated heterocycles. The predicted octanol–water partition coefficient (Wildman–Crippen LogP) is 0.483. The van der Waals surface area contributed by atoms with Crippen molar-refractivity contribution in [2.45, 2.75) is 6.54 Å². The first-order valence-electron chi connectivity index (χ1n) is 8.01. The number of benzene rings is 1. The Labute approximate surface area is 155 Å². The standard InChI is InChI=1S/C17H16FN3O5S/c18-14-6-2-1-4-12(14)10-19-15(22)11-26-17(23)13-5-3-7-21-8-9-27(24,25)20-16(13)21/h1-7H,8-11H2,(H,19,22). The number of hydrogen-bond acceptors (Lipinski definition) is 6. The van der Waals surface area contributed by atoms with E-state index in [4.69, 9.17) is 4.74 Å². The van der Waals surface area contributed by atoms with Crippen LogP contribution in [0.4, 0.5) is 4.39 Å². The zero-order valence-electron chi connectivity index (χ0n) is 14.1. The quantitative estimate of drug-likeness (QED) is 0.730. The molecule has 0 radical (unpaired) electrons. The zero-order valence-corrected chi connectivity index (χ0v) is 14.9. The molecule has 0 spiro atoms. The summed E-state index contributed by atoms with van der Waals surface area (Å²) in [7, 11) is -3.65. The molecule has 142 valence electrons. The first-order chi connectivity index (χ1) is 12.9. The number of fused-ring (bicyclic) bond motifs is 1. The second-order valence-electron chi connectivity index (χ2n) is 5.76. The molecule has 2 aliphatic heterocycles. The molecule has 1 aromatic rings. The maximum atomic E-state index is 13.5. The highest BCUT2D eigenvalue weighted by Crippen LogP contribution is 2.18. The molecule has 0 fully saturated rings. The smallest absolute Gasteiger partial charge is 0.342 e. The van der Waals surface area contributed by atoms with Crippen LogP contribution in [-0.4, -0.2) is 49.9 Å². The van der Waals surface area contributed by atoms with E-state index in [-0.39, 0.29) is 30.3 Å². The van der Waals surface area contributed by atoms with Crippen molar-refractivity contribution < 1.29 is 27.1 Å². The average molecular weight is 393 g/mol. The molecule has 27 heavy (non-hydrogen) atoms. The first kappa shape index (κ1) is 18.8. The molecule has 1 aromatic carbocycles. The summed E-state index contributed by atoms with van der Waals surface area (Å²) in [5.74, 6) is -2.12. The summed E-state index contributed by atoms with van der Waals surface area (Å²) in [4.78, 5) is 25.6. The summed E-state index contributed by atoms with van der Waals surface area (Å²) in [5, 5.41) is 2.44. The molecule has 10 heteroatoms. The number of carbonyl (C=O) groups excluding carboxylic acids is 2. The van der Waals surface area contributed by atoms with Gasteiger partial charge in [0.1, 0.15) is 11.4 Å². The number of carbonyl (C=O) groups is 2. The van der Waals surface area contributed by atoms with Gasteiger partial charge in [-0.25, -0.2) is 17.6 Å². The molecule has 2 heterocycles. The van der Waals surface area contributed by atoms with E-state index in [1.165, 1.54) is 29.2 Å². The highest BCUT2D eigenvalue weighted by molar-refractivity contribution is 7.90. The van der Waals surface area contributed by atoms with Crippen molar-refractivity contribution in [1.29, 1.82) is 0 Å². The van der Waals surface area contributed by atoms with Crippen LogP contribution in [0.25, 0.3) is 0 Å². The number of nitrogens with one attached hydrogen (secondary N) is 1. The number of amidine groups is 1. The van der Waals surface area contributed by atoms with Crippen LogP contribution >= 0.6 is 0 Å². The van der Waals surface area contributed by atoms with Gasteiger partial charge in [0, 0.05) is 24.9 Å². The maximum Gasteiger partial charge on any atom is 0.342 e. The van der Waals surface area contributed by atoms with Gasteiger partial charge >= 0.3 is 5.97 Å². The SMILES string of the molecule is O=C(COC(=O)C1=CC=CN2CCS(=O)(=O)N=C12)NCc1ccccc1F. The van der Waals surface area contributed by atoms with E-state index in [1.54, 1.807) is 18.3 Å². The number of nitrogens with zero attached hydrogens (tertiary/aromatic N) is 2. The van der Waals surface area contributed by atoms with Crippen molar-refractivity contribution in [2.75, 3.05) is 18.9 Å². The van der Waals surface area contributed by atoms with E-state index in [0.29, 0.717) is 5.56 Å². The maximum absolute atomic E-state index is 13.5. The second-order valence-corrected chi connectivity index (χ2v) is 7.52. The van der Waals surface area contributed by atoms with Crippen molar-refractivity contribution in [1.82, 2.24) is 10.2 Å². The fraction of sp³-hybridized carbons (Fsp3) is 0.235. The van der Waals surface area contributed by atoms with Gasteiger partial charge < -0.3 is 15.0 Å². The molecule has 8 nitrogen and oxygen atoms in total. The summed E-state index contributed by atoms with van der Waals surface area (Å²) >= 11 is 0. The van der Waals surface area contributed by atoms with Gasteiger partial charge in [-0.1, -0.05) is 18.2 Å². The molecule has 1 amide bonds. The average Bonchev–Trinajstić information content (AvgIpc) is 2.64. The molecular formula is C17H16FN3O5S. The Morgan fingerprint density at radius 1 is 1.30 bits per heavy atom. The number of rotatable bonds is 5. The van der Waals surface area contributed by atoms with Crippen molar-refractivity contribution in [3.8, 4) is 0 Å². The number of ether oxygens (including phenoxy) is 1. The molecule has 0 saturated carbocycles. The third-order valence-corrected chi connectivity index (χ3v) is 5.00. The number of sulfonamides is 1. The van der Waals surface area contributed by atoms with Gasteiger partial charge in [-0.3, -0.25) is 4.79 Å². The molecule has 3 rings (SSSR count). The van der Waals surface area contributed by atoms with Gasteiger partial charge in [0.15, 0.2) is 12.4 Å². The van der Waals surface area contributed by atoms with Gasteiger partial charge in [-0.15, -0.1) is 4.40 Å². The largest absolute Gasteiger partial charge is 0.452 e. The number of hydrogen-bond donors (Lipinski definition) is 1. The van der Waals surface area contributed by atoms with Crippen LogP contribution in [0, 0.1) is 5.82 Å². The zero-order chi connectivity index (χ0) is 19.4. The van der Waals surface area contributed by atoms with Crippen LogP contribution < -0.4 is 5.32 Å². The minimum atomic E-state index is -3.65. The summed E-state index contributed by atoms with van der Waals surface area (Å²) in [6.07, 6.45) is 4.53. The number of amides is 1. The number of halogens is 1. The molecule has 2 aliphatic rings. The minimum Gasteiger partial charge on any atom is -0.452 e. The van der Waals surface area contributed by atoms with Gasteiger partial charge in [0.05, 0.1) is 5.75 Å². The highest BCUT2D eigenvalue weighted by Gasteiger charge is 2.30. The van der Waals surface area contributed by atoms with Crippen LogP contribution in [-0.2, 0) is 30.9 Å². The summed E-state index contributed by atoms with van der Waals surface area (Å²) < 4.78 is 45.4. The molecule has 0 atom stereocenters. The Bertz CT molecular complexity index is 969.